The third-order valence-electron chi connectivity index (χ3n) is 1.23. The third-order valence-corrected chi connectivity index (χ3v) is 1.23. The van der Waals surface area contributed by atoms with Gasteiger partial charge in [-0.2, -0.15) is 0 Å². The van der Waals surface area contributed by atoms with Crippen LogP contribution < -0.4 is 5.73 Å². The van der Waals surface area contributed by atoms with Crippen molar-refractivity contribution < 1.29 is 9.47 Å². The van der Waals surface area contributed by atoms with Crippen molar-refractivity contribution in [2.45, 2.75) is 12.7 Å². The number of methoxy groups -OCH3 is 2. The minimum atomic E-state index is -0.302. The van der Waals surface area contributed by atoms with Gasteiger partial charge >= 0.3 is 0 Å². The highest BCUT2D eigenvalue weighted by Crippen LogP contribution is 2.06. The van der Waals surface area contributed by atoms with Gasteiger partial charge in [-0.05, 0) is 18.5 Å². The van der Waals surface area contributed by atoms with E-state index in [0.29, 0.717) is 6.54 Å². The Morgan fingerprint density at radius 3 is 2.30 bits per heavy atom. The molecule has 3 heteroatoms. The topological polar surface area (TPSA) is 44.5 Å². The molecule has 60 valence electrons. The Morgan fingerprint density at radius 2 is 2.00 bits per heavy atom. The number of hydrogen-bond donors (Lipinski definition) is 1. The molecule has 0 radical (unpaired) electrons. The van der Waals surface area contributed by atoms with Crippen LogP contribution in [0.4, 0.5) is 0 Å². The van der Waals surface area contributed by atoms with Crippen LogP contribution in [0, 0.1) is 0 Å². The first-order valence-electron chi connectivity index (χ1n) is 3.19. The summed E-state index contributed by atoms with van der Waals surface area (Å²) in [5.74, 6) is 0. The molecular formula is C7H15NO2. The van der Waals surface area contributed by atoms with Crippen LogP contribution in [-0.2, 0) is 9.47 Å². The second kappa shape index (κ2) is 5.41. The van der Waals surface area contributed by atoms with Crippen LogP contribution in [0.25, 0.3) is 0 Å². The van der Waals surface area contributed by atoms with E-state index in [0.717, 1.165) is 12.0 Å². The lowest BCUT2D eigenvalue weighted by Crippen LogP contribution is -2.17. The second-order valence-electron chi connectivity index (χ2n) is 2.00. The molecule has 0 bridgehead atoms. The molecule has 0 aromatic rings. The zero-order valence-electron chi connectivity index (χ0n) is 6.59. The predicted molar refractivity (Wildman–Crippen MR) is 40.6 cm³/mol. The quantitative estimate of drug-likeness (QED) is 0.453. The summed E-state index contributed by atoms with van der Waals surface area (Å²) < 4.78 is 9.87. The summed E-state index contributed by atoms with van der Waals surface area (Å²) in [7, 11) is 3.16. The Labute approximate surface area is 61.8 Å². The molecule has 0 spiro atoms. The maximum atomic E-state index is 5.30. The molecule has 2 N–H and O–H groups in total. The minimum absolute atomic E-state index is 0.302. The van der Waals surface area contributed by atoms with Crippen molar-refractivity contribution in [2.75, 3.05) is 20.8 Å². The van der Waals surface area contributed by atoms with Gasteiger partial charge in [0, 0.05) is 14.2 Å². The SMILES string of the molecule is C=C(CCN)C(OC)OC. The van der Waals surface area contributed by atoms with Gasteiger partial charge in [0.05, 0.1) is 0 Å². The summed E-state index contributed by atoms with van der Waals surface area (Å²) >= 11 is 0. The standard InChI is InChI=1S/C7H15NO2/c1-6(4-5-8)7(9-2)10-3/h7H,1,4-5,8H2,2-3H3. The van der Waals surface area contributed by atoms with Crippen LogP contribution in [-0.4, -0.2) is 27.1 Å². The molecule has 0 atom stereocenters. The molecule has 0 saturated carbocycles. The first kappa shape index (κ1) is 9.62. The third kappa shape index (κ3) is 2.96. The van der Waals surface area contributed by atoms with E-state index in [4.69, 9.17) is 15.2 Å². The Bertz CT molecular complexity index is 99.8. The zero-order chi connectivity index (χ0) is 7.98. The molecule has 0 aliphatic rings. The van der Waals surface area contributed by atoms with Crippen LogP contribution in [0.3, 0.4) is 0 Å². The van der Waals surface area contributed by atoms with E-state index < -0.39 is 0 Å². The molecule has 0 aliphatic carbocycles. The fourth-order valence-electron chi connectivity index (χ4n) is 0.733. The number of hydrogen-bond acceptors (Lipinski definition) is 3. The van der Waals surface area contributed by atoms with Gasteiger partial charge in [0.25, 0.3) is 0 Å². The summed E-state index contributed by atoms with van der Waals surface area (Å²) in [6.45, 7) is 4.34. The van der Waals surface area contributed by atoms with Crippen molar-refractivity contribution in [3.8, 4) is 0 Å². The van der Waals surface area contributed by atoms with Crippen LogP contribution in [0.5, 0.6) is 0 Å². The summed E-state index contributed by atoms with van der Waals surface area (Å²) in [5.41, 5.74) is 6.19. The first-order valence-corrected chi connectivity index (χ1v) is 3.19. The fourth-order valence-corrected chi connectivity index (χ4v) is 0.733. The van der Waals surface area contributed by atoms with Crippen molar-refractivity contribution >= 4 is 0 Å². The fraction of sp³-hybridized carbons (Fsp3) is 0.714. The average molecular weight is 145 g/mol. The molecule has 10 heavy (non-hydrogen) atoms. The largest absolute Gasteiger partial charge is 0.352 e. The summed E-state index contributed by atoms with van der Waals surface area (Å²) in [6.07, 6.45) is 0.440. The molecule has 0 rings (SSSR count). The van der Waals surface area contributed by atoms with Gasteiger partial charge in [0.15, 0.2) is 6.29 Å². The minimum Gasteiger partial charge on any atom is -0.352 e. The molecule has 0 saturated heterocycles. The van der Waals surface area contributed by atoms with Crippen LogP contribution in [0.2, 0.25) is 0 Å². The Hall–Kier alpha value is -0.380. The Balaban J connectivity index is 3.65. The number of rotatable bonds is 5. The van der Waals surface area contributed by atoms with E-state index in [-0.39, 0.29) is 6.29 Å². The molecule has 0 aromatic heterocycles. The Kier molecular flexibility index (Phi) is 5.20. The summed E-state index contributed by atoms with van der Waals surface area (Å²) in [4.78, 5) is 0. The van der Waals surface area contributed by atoms with Crippen molar-refractivity contribution in [2.24, 2.45) is 5.73 Å². The van der Waals surface area contributed by atoms with E-state index in [1.165, 1.54) is 0 Å². The number of ether oxygens (including phenoxy) is 2. The van der Waals surface area contributed by atoms with Crippen molar-refractivity contribution in [3.63, 3.8) is 0 Å². The molecule has 0 aromatic carbocycles. The van der Waals surface area contributed by atoms with E-state index in [1.54, 1.807) is 14.2 Å². The van der Waals surface area contributed by atoms with Gasteiger partial charge in [0.2, 0.25) is 0 Å². The van der Waals surface area contributed by atoms with Gasteiger partial charge in [-0.15, -0.1) is 0 Å². The van der Waals surface area contributed by atoms with E-state index in [9.17, 15) is 0 Å². The van der Waals surface area contributed by atoms with Gasteiger partial charge in [0.1, 0.15) is 0 Å². The molecule has 3 nitrogen and oxygen atoms in total. The van der Waals surface area contributed by atoms with Crippen LogP contribution in [0.1, 0.15) is 6.42 Å². The van der Waals surface area contributed by atoms with E-state index in [2.05, 4.69) is 6.58 Å². The molecule has 0 amide bonds. The zero-order valence-corrected chi connectivity index (χ0v) is 6.59. The predicted octanol–water partition coefficient (Wildman–Crippen LogP) is 0.510. The van der Waals surface area contributed by atoms with Crippen LogP contribution in [0.15, 0.2) is 12.2 Å². The highest BCUT2D eigenvalue weighted by atomic mass is 16.7. The van der Waals surface area contributed by atoms with Gasteiger partial charge < -0.3 is 15.2 Å². The highest BCUT2D eigenvalue weighted by Gasteiger charge is 2.07. The monoisotopic (exact) mass is 145 g/mol. The molecule has 0 fully saturated rings. The maximum Gasteiger partial charge on any atom is 0.178 e. The van der Waals surface area contributed by atoms with Gasteiger partial charge in [-0.3, -0.25) is 0 Å². The Morgan fingerprint density at radius 1 is 1.50 bits per heavy atom. The maximum absolute atomic E-state index is 5.30. The smallest absolute Gasteiger partial charge is 0.178 e. The normalized spacial score (nSPS) is 10.4. The van der Waals surface area contributed by atoms with Crippen molar-refractivity contribution in [3.05, 3.63) is 12.2 Å². The van der Waals surface area contributed by atoms with Crippen molar-refractivity contribution in [1.82, 2.24) is 0 Å². The molecule has 0 heterocycles. The van der Waals surface area contributed by atoms with E-state index in [1.807, 2.05) is 0 Å². The van der Waals surface area contributed by atoms with Crippen LogP contribution >= 0.6 is 0 Å². The summed E-state index contributed by atoms with van der Waals surface area (Å²) in [6, 6.07) is 0. The van der Waals surface area contributed by atoms with Gasteiger partial charge in [-0.25, -0.2) is 0 Å². The van der Waals surface area contributed by atoms with Crippen molar-refractivity contribution in [1.29, 1.82) is 0 Å². The lowest BCUT2D eigenvalue weighted by Gasteiger charge is -2.14. The highest BCUT2D eigenvalue weighted by molar-refractivity contribution is 4.98. The molecular weight excluding hydrogens is 130 g/mol. The van der Waals surface area contributed by atoms with E-state index >= 15 is 0 Å². The lowest BCUT2D eigenvalue weighted by atomic mass is 10.2. The molecule has 0 aliphatic heterocycles. The first-order chi connectivity index (χ1) is 4.76. The summed E-state index contributed by atoms with van der Waals surface area (Å²) in [5, 5.41) is 0. The second-order valence-corrected chi connectivity index (χ2v) is 2.00. The number of nitrogens with two attached hydrogens (primary N) is 1. The molecule has 0 unspecified atom stereocenters. The average Bonchev–Trinajstić information content (AvgIpc) is 1.91. The van der Waals surface area contributed by atoms with Gasteiger partial charge in [-0.1, -0.05) is 6.58 Å². The lowest BCUT2D eigenvalue weighted by molar-refractivity contribution is -0.0761.